The maximum atomic E-state index is 12.4. The van der Waals surface area contributed by atoms with Gasteiger partial charge in [-0.2, -0.15) is 11.3 Å². The monoisotopic (exact) mass is 346 g/mol. The van der Waals surface area contributed by atoms with Gasteiger partial charge in [-0.3, -0.25) is 4.79 Å². The smallest absolute Gasteiger partial charge is 0.228 e. The fourth-order valence-corrected chi connectivity index (χ4v) is 3.75. The lowest BCUT2D eigenvalue weighted by Crippen LogP contribution is -2.19. The van der Waals surface area contributed by atoms with Gasteiger partial charge in [-0.1, -0.05) is 25.2 Å². The van der Waals surface area contributed by atoms with Crippen molar-refractivity contribution in [3.8, 4) is 0 Å². The van der Waals surface area contributed by atoms with Crippen molar-refractivity contribution < 1.29 is 4.79 Å². The third kappa shape index (κ3) is 3.86. The summed E-state index contributed by atoms with van der Waals surface area (Å²) in [7, 11) is 0. The molecule has 3 aromatic heterocycles. The molecule has 1 unspecified atom stereocenters. The molecular formula is C16H18N4OS2. The van der Waals surface area contributed by atoms with Gasteiger partial charge in [-0.05, 0) is 34.5 Å². The summed E-state index contributed by atoms with van der Waals surface area (Å²) in [6.45, 7) is 4.12. The van der Waals surface area contributed by atoms with Crippen LogP contribution in [0.25, 0.3) is 0 Å². The zero-order valence-electron chi connectivity index (χ0n) is 13.0. The van der Waals surface area contributed by atoms with Crippen molar-refractivity contribution >= 4 is 33.7 Å². The van der Waals surface area contributed by atoms with Crippen LogP contribution in [0.2, 0.25) is 0 Å². The Morgan fingerprint density at radius 1 is 1.30 bits per heavy atom. The van der Waals surface area contributed by atoms with Crippen LogP contribution < -0.4 is 5.32 Å². The van der Waals surface area contributed by atoms with Crippen LogP contribution in [0.15, 0.2) is 41.4 Å². The van der Waals surface area contributed by atoms with Gasteiger partial charge < -0.3 is 9.88 Å². The van der Waals surface area contributed by atoms with Crippen molar-refractivity contribution in [3.05, 3.63) is 51.9 Å². The van der Waals surface area contributed by atoms with Gasteiger partial charge in [0.1, 0.15) is 5.01 Å². The van der Waals surface area contributed by atoms with Crippen molar-refractivity contribution in [1.82, 2.24) is 14.8 Å². The Morgan fingerprint density at radius 2 is 2.09 bits per heavy atom. The zero-order chi connectivity index (χ0) is 16.2. The summed E-state index contributed by atoms with van der Waals surface area (Å²) in [5.41, 5.74) is 1.14. The maximum Gasteiger partial charge on any atom is 0.228 e. The molecule has 0 aromatic carbocycles. The Balaban J connectivity index is 1.71. The van der Waals surface area contributed by atoms with Crippen molar-refractivity contribution in [1.29, 1.82) is 0 Å². The molecule has 0 saturated heterocycles. The van der Waals surface area contributed by atoms with E-state index >= 15 is 0 Å². The Bertz CT molecular complexity index is 713. The van der Waals surface area contributed by atoms with Gasteiger partial charge in [-0.15, -0.1) is 10.2 Å². The number of hydrogen-bond acceptors (Lipinski definition) is 5. The Hall–Kier alpha value is -1.99. The molecule has 1 amide bonds. The van der Waals surface area contributed by atoms with Crippen LogP contribution in [0.5, 0.6) is 0 Å². The first-order chi connectivity index (χ1) is 11.1. The highest BCUT2D eigenvalue weighted by Crippen LogP contribution is 2.26. The molecule has 0 spiro atoms. The summed E-state index contributed by atoms with van der Waals surface area (Å²) >= 11 is 3.07. The molecule has 1 atom stereocenters. The van der Waals surface area contributed by atoms with E-state index in [1.807, 2.05) is 29.9 Å². The van der Waals surface area contributed by atoms with Gasteiger partial charge >= 0.3 is 0 Å². The standard InChI is InChI=1S/C16H18N4OS2/c1-11(2)15-18-19-16(23-15)17-14(21)9-13(12-5-8-22-10-12)20-6-3-4-7-20/h3-8,10-11,13H,9H2,1-2H3,(H,17,19,21). The second-order valence-corrected chi connectivity index (χ2v) is 7.34. The minimum absolute atomic E-state index is 0.00580. The second kappa shape index (κ2) is 7.06. The number of nitrogens with zero attached hydrogens (tertiary/aromatic N) is 3. The van der Waals surface area contributed by atoms with Crippen molar-refractivity contribution in [2.75, 3.05) is 5.32 Å². The number of amides is 1. The van der Waals surface area contributed by atoms with E-state index in [1.165, 1.54) is 11.3 Å². The van der Waals surface area contributed by atoms with Crippen LogP contribution in [-0.2, 0) is 4.79 Å². The average molecular weight is 346 g/mol. The maximum absolute atomic E-state index is 12.4. The highest BCUT2D eigenvalue weighted by atomic mass is 32.1. The van der Waals surface area contributed by atoms with Crippen molar-refractivity contribution in [3.63, 3.8) is 0 Å². The van der Waals surface area contributed by atoms with E-state index in [1.54, 1.807) is 11.3 Å². The van der Waals surface area contributed by atoms with E-state index in [4.69, 9.17) is 0 Å². The number of aromatic nitrogens is 3. The molecule has 120 valence electrons. The van der Waals surface area contributed by atoms with Gasteiger partial charge in [0.2, 0.25) is 11.0 Å². The van der Waals surface area contributed by atoms with E-state index in [0.29, 0.717) is 17.5 Å². The first kappa shape index (κ1) is 15.9. The van der Waals surface area contributed by atoms with E-state index in [0.717, 1.165) is 10.6 Å². The third-order valence-corrected chi connectivity index (χ3v) is 5.32. The molecule has 0 fully saturated rings. The summed E-state index contributed by atoms with van der Waals surface area (Å²) in [6, 6.07) is 5.99. The molecular weight excluding hydrogens is 328 g/mol. The lowest BCUT2D eigenvalue weighted by molar-refractivity contribution is -0.116. The number of carbonyl (C=O) groups is 1. The summed E-state index contributed by atoms with van der Waals surface area (Å²) < 4.78 is 2.06. The first-order valence-corrected chi connectivity index (χ1v) is 9.17. The van der Waals surface area contributed by atoms with E-state index < -0.39 is 0 Å². The number of thiophene rings is 1. The summed E-state index contributed by atoms with van der Waals surface area (Å²) in [5, 5.41) is 16.6. The molecule has 0 aliphatic heterocycles. The minimum Gasteiger partial charge on any atom is -0.346 e. The Labute approximate surface area is 143 Å². The van der Waals surface area contributed by atoms with Crippen LogP contribution in [0, 0.1) is 0 Å². The second-order valence-electron chi connectivity index (χ2n) is 5.56. The number of carbonyl (C=O) groups excluding carboxylic acids is 1. The van der Waals surface area contributed by atoms with Crippen molar-refractivity contribution in [2.45, 2.75) is 32.2 Å². The van der Waals surface area contributed by atoms with Crippen LogP contribution in [0.4, 0.5) is 5.13 Å². The topological polar surface area (TPSA) is 59.8 Å². The van der Waals surface area contributed by atoms with Gasteiger partial charge in [-0.25, -0.2) is 0 Å². The quantitative estimate of drug-likeness (QED) is 0.729. The molecule has 23 heavy (non-hydrogen) atoms. The van der Waals surface area contributed by atoms with Gasteiger partial charge in [0.15, 0.2) is 0 Å². The molecule has 3 heterocycles. The molecule has 0 saturated carbocycles. The van der Waals surface area contributed by atoms with Crippen LogP contribution in [0.1, 0.15) is 42.8 Å². The first-order valence-electron chi connectivity index (χ1n) is 7.41. The molecule has 0 aliphatic rings. The molecule has 5 nitrogen and oxygen atoms in total. The van der Waals surface area contributed by atoms with Gasteiger partial charge in [0.25, 0.3) is 0 Å². The molecule has 1 N–H and O–H groups in total. The van der Waals surface area contributed by atoms with Gasteiger partial charge in [0, 0.05) is 18.3 Å². The van der Waals surface area contributed by atoms with Crippen LogP contribution >= 0.6 is 22.7 Å². The number of nitrogens with one attached hydrogen (secondary N) is 1. The van der Waals surface area contributed by atoms with Crippen LogP contribution in [-0.4, -0.2) is 20.7 Å². The number of anilines is 1. The Morgan fingerprint density at radius 3 is 2.70 bits per heavy atom. The molecule has 7 heteroatoms. The fourth-order valence-electron chi connectivity index (χ4n) is 2.28. The van der Waals surface area contributed by atoms with E-state index in [-0.39, 0.29) is 11.9 Å². The average Bonchev–Trinajstić information content (AvgIpc) is 3.26. The highest BCUT2D eigenvalue weighted by Gasteiger charge is 2.19. The Kier molecular flexibility index (Phi) is 4.88. The highest BCUT2D eigenvalue weighted by molar-refractivity contribution is 7.15. The van der Waals surface area contributed by atoms with Gasteiger partial charge in [0.05, 0.1) is 12.5 Å². The third-order valence-electron chi connectivity index (χ3n) is 3.47. The summed E-state index contributed by atoms with van der Waals surface area (Å²) in [5.74, 6) is 0.262. The van der Waals surface area contributed by atoms with E-state index in [2.05, 4.69) is 45.4 Å². The van der Waals surface area contributed by atoms with Crippen molar-refractivity contribution in [2.24, 2.45) is 0 Å². The zero-order valence-corrected chi connectivity index (χ0v) is 14.6. The molecule has 3 aromatic rings. The SMILES string of the molecule is CC(C)c1nnc(NC(=O)CC(c2ccsc2)n2cccc2)s1. The number of hydrogen-bond donors (Lipinski definition) is 1. The molecule has 0 bridgehead atoms. The fraction of sp³-hybridized carbons (Fsp3) is 0.312. The molecule has 3 rings (SSSR count). The van der Waals surface area contributed by atoms with E-state index in [9.17, 15) is 4.79 Å². The summed E-state index contributed by atoms with van der Waals surface area (Å²) in [4.78, 5) is 12.4. The molecule has 0 radical (unpaired) electrons. The van der Waals surface area contributed by atoms with Crippen LogP contribution in [0.3, 0.4) is 0 Å². The lowest BCUT2D eigenvalue weighted by Gasteiger charge is -2.17. The number of rotatable bonds is 6. The minimum atomic E-state index is -0.0543. The predicted octanol–water partition coefficient (Wildman–Crippen LogP) is 4.14. The molecule has 0 aliphatic carbocycles. The lowest BCUT2D eigenvalue weighted by atomic mass is 10.1. The normalized spacial score (nSPS) is 12.5. The summed E-state index contributed by atoms with van der Waals surface area (Å²) in [6.07, 6.45) is 4.33. The largest absolute Gasteiger partial charge is 0.346 e. The predicted molar refractivity (Wildman–Crippen MR) is 94.1 cm³/mol.